The minimum absolute atomic E-state index is 0.0129. The van der Waals surface area contributed by atoms with Crippen LogP contribution in [0.4, 0.5) is 0 Å². The average molecular weight is 619 g/mol. The molecule has 9 rings (SSSR count). The molecule has 0 aliphatic rings. The van der Waals surface area contributed by atoms with Gasteiger partial charge in [-0.1, -0.05) is 112 Å². The fraction of sp³-hybridized carbons (Fsp3) is 0.0909. The van der Waals surface area contributed by atoms with Gasteiger partial charge in [-0.05, 0) is 65.1 Å². The van der Waals surface area contributed by atoms with E-state index in [2.05, 4.69) is 163 Å². The summed E-state index contributed by atoms with van der Waals surface area (Å²) in [6.07, 6.45) is 3.91. The van der Waals surface area contributed by atoms with Gasteiger partial charge >= 0.3 is 0 Å². The third-order valence-corrected chi connectivity index (χ3v) is 9.60. The number of benzene rings is 5. The molecule has 0 radical (unpaired) electrons. The van der Waals surface area contributed by atoms with Crippen LogP contribution in [0.5, 0.6) is 0 Å². The van der Waals surface area contributed by atoms with Crippen molar-refractivity contribution in [2.75, 3.05) is 0 Å². The Bertz CT molecular complexity index is 2640. The Labute approximate surface area is 279 Å². The van der Waals surface area contributed by atoms with Crippen LogP contribution in [0.25, 0.3) is 77.5 Å². The van der Waals surface area contributed by atoms with Crippen molar-refractivity contribution in [3.05, 3.63) is 157 Å². The number of hydrogen-bond donors (Lipinski definition) is 0. The van der Waals surface area contributed by atoms with Gasteiger partial charge in [-0.25, -0.2) is 4.98 Å². The van der Waals surface area contributed by atoms with Crippen molar-refractivity contribution >= 4 is 43.6 Å². The van der Waals surface area contributed by atoms with E-state index in [1.807, 2.05) is 18.5 Å². The SMILES string of the molecule is CC(C)(C)c1ccnc(-n2c3ccccc3c3ccc(-n4c5ccccc5c5ccc(-c6ccc(-c7ccccc7)cn6)cc54)cc32)c1. The van der Waals surface area contributed by atoms with E-state index < -0.39 is 0 Å². The molecule has 0 unspecified atom stereocenters. The molecule has 0 spiro atoms. The highest BCUT2D eigenvalue weighted by molar-refractivity contribution is 6.12. The zero-order valence-electron chi connectivity index (χ0n) is 27.2. The van der Waals surface area contributed by atoms with Crippen LogP contribution >= 0.6 is 0 Å². The molecule has 5 aromatic carbocycles. The molecule has 0 atom stereocenters. The van der Waals surface area contributed by atoms with Crippen LogP contribution in [0.3, 0.4) is 0 Å². The van der Waals surface area contributed by atoms with E-state index in [1.54, 1.807) is 0 Å². The van der Waals surface area contributed by atoms with Crippen LogP contribution in [0.2, 0.25) is 0 Å². The smallest absolute Gasteiger partial charge is 0.137 e. The van der Waals surface area contributed by atoms with E-state index in [1.165, 1.54) is 38.2 Å². The van der Waals surface area contributed by atoms with Crippen LogP contribution < -0.4 is 0 Å². The first-order chi connectivity index (χ1) is 23.4. The number of fused-ring (bicyclic) bond motifs is 6. The number of nitrogens with zero attached hydrogens (tertiary/aromatic N) is 4. The topological polar surface area (TPSA) is 35.6 Å². The molecule has 0 aliphatic heterocycles. The van der Waals surface area contributed by atoms with Crippen molar-refractivity contribution in [2.24, 2.45) is 0 Å². The second-order valence-corrected chi connectivity index (χ2v) is 13.6. The minimum atomic E-state index is 0.0129. The van der Waals surface area contributed by atoms with E-state index in [9.17, 15) is 0 Å². The predicted molar refractivity (Wildman–Crippen MR) is 200 cm³/mol. The molecular formula is C44H34N4. The standard InChI is InChI=1S/C44H34N4/c1-44(2,3)32-23-24-45-43(26-32)48-40-16-10-8-14-35(40)37-21-19-33(27-42(37)48)47-39-15-9-7-13-34(39)36-20-17-30(25-41(36)47)38-22-18-31(28-46-38)29-11-5-4-6-12-29/h4-28H,1-3H3. The molecule has 0 bridgehead atoms. The van der Waals surface area contributed by atoms with Gasteiger partial charge in [0.15, 0.2) is 0 Å². The lowest BCUT2D eigenvalue weighted by Crippen LogP contribution is -2.12. The van der Waals surface area contributed by atoms with Crippen molar-refractivity contribution in [2.45, 2.75) is 26.2 Å². The second kappa shape index (κ2) is 10.8. The Balaban J connectivity index is 1.26. The number of aromatic nitrogens is 4. The maximum atomic E-state index is 4.91. The van der Waals surface area contributed by atoms with Crippen molar-refractivity contribution in [1.82, 2.24) is 19.1 Å². The zero-order valence-corrected chi connectivity index (χ0v) is 27.2. The summed E-state index contributed by atoms with van der Waals surface area (Å²) in [6.45, 7) is 6.75. The molecule has 230 valence electrons. The third kappa shape index (κ3) is 4.52. The molecule has 0 aliphatic carbocycles. The molecular weight excluding hydrogens is 585 g/mol. The average Bonchev–Trinajstić information content (AvgIpc) is 3.64. The Morgan fingerprint density at radius 2 is 1.08 bits per heavy atom. The minimum Gasteiger partial charge on any atom is -0.309 e. The van der Waals surface area contributed by atoms with Gasteiger partial charge in [0, 0.05) is 50.8 Å². The van der Waals surface area contributed by atoms with Crippen LogP contribution in [-0.4, -0.2) is 19.1 Å². The van der Waals surface area contributed by atoms with Crippen LogP contribution in [0.1, 0.15) is 26.3 Å². The predicted octanol–water partition coefficient (Wildman–Crippen LogP) is 11.3. The summed E-state index contributed by atoms with van der Waals surface area (Å²) < 4.78 is 4.72. The summed E-state index contributed by atoms with van der Waals surface area (Å²) in [4.78, 5) is 9.81. The van der Waals surface area contributed by atoms with E-state index in [-0.39, 0.29) is 5.41 Å². The quantitative estimate of drug-likeness (QED) is 0.197. The van der Waals surface area contributed by atoms with Gasteiger partial charge in [-0.3, -0.25) is 9.55 Å². The number of rotatable bonds is 4. The van der Waals surface area contributed by atoms with Crippen molar-refractivity contribution in [1.29, 1.82) is 0 Å². The zero-order chi connectivity index (χ0) is 32.4. The molecule has 48 heavy (non-hydrogen) atoms. The third-order valence-electron chi connectivity index (χ3n) is 9.60. The molecule has 9 aromatic rings. The monoisotopic (exact) mass is 618 g/mol. The van der Waals surface area contributed by atoms with Gasteiger partial charge in [-0.15, -0.1) is 0 Å². The highest BCUT2D eigenvalue weighted by Gasteiger charge is 2.19. The van der Waals surface area contributed by atoms with Crippen LogP contribution in [-0.2, 0) is 5.41 Å². The second-order valence-electron chi connectivity index (χ2n) is 13.6. The first-order valence-electron chi connectivity index (χ1n) is 16.5. The van der Waals surface area contributed by atoms with Gasteiger partial charge in [0.2, 0.25) is 0 Å². The number of para-hydroxylation sites is 2. The highest BCUT2D eigenvalue weighted by atomic mass is 15.1. The molecule has 4 aromatic heterocycles. The Morgan fingerprint density at radius 3 is 1.79 bits per heavy atom. The lowest BCUT2D eigenvalue weighted by molar-refractivity contribution is 0.588. The number of pyridine rings is 2. The van der Waals surface area contributed by atoms with E-state index in [0.717, 1.165) is 44.9 Å². The summed E-state index contributed by atoms with van der Waals surface area (Å²) >= 11 is 0. The molecule has 0 N–H and O–H groups in total. The maximum Gasteiger partial charge on any atom is 0.137 e. The first kappa shape index (κ1) is 28.2. The fourth-order valence-electron chi connectivity index (χ4n) is 7.13. The molecule has 0 fully saturated rings. The van der Waals surface area contributed by atoms with Gasteiger partial charge in [0.1, 0.15) is 5.82 Å². The molecule has 4 nitrogen and oxygen atoms in total. The van der Waals surface area contributed by atoms with E-state index in [0.29, 0.717) is 0 Å². The molecule has 0 saturated carbocycles. The summed E-state index contributed by atoms with van der Waals surface area (Å²) in [5, 5.41) is 4.88. The molecule has 0 amide bonds. The summed E-state index contributed by atoms with van der Waals surface area (Å²) in [6, 6.07) is 50.0. The largest absolute Gasteiger partial charge is 0.309 e. The molecule has 4 heteroatoms. The lowest BCUT2D eigenvalue weighted by Gasteiger charge is -2.20. The van der Waals surface area contributed by atoms with Crippen LogP contribution in [0, 0.1) is 0 Å². The highest BCUT2D eigenvalue weighted by Crippen LogP contribution is 2.38. The van der Waals surface area contributed by atoms with Crippen LogP contribution in [0.15, 0.2) is 152 Å². The fourth-order valence-corrected chi connectivity index (χ4v) is 7.13. The first-order valence-corrected chi connectivity index (χ1v) is 16.5. The van der Waals surface area contributed by atoms with Gasteiger partial charge in [0.25, 0.3) is 0 Å². The maximum absolute atomic E-state index is 4.91. The van der Waals surface area contributed by atoms with Gasteiger partial charge in [0.05, 0.1) is 27.8 Å². The van der Waals surface area contributed by atoms with Crippen molar-refractivity contribution in [3.8, 4) is 33.9 Å². The van der Waals surface area contributed by atoms with E-state index >= 15 is 0 Å². The van der Waals surface area contributed by atoms with E-state index in [4.69, 9.17) is 9.97 Å². The van der Waals surface area contributed by atoms with Gasteiger partial charge < -0.3 is 4.57 Å². The Kier molecular flexibility index (Phi) is 6.34. The number of hydrogen-bond acceptors (Lipinski definition) is 2. The Morgan fingerprint density at radius 1 is 0.458 bits per heavy atom. The van der Waals surface area contributed by atoms with Crippen molar-refractivity contribution < 1.29 is 0 Å². The lowest BCUT2D eigenvalue weighted by atomic mass is 9.88. The normalized spacial score (nSPS) is 12.1. The van der Waals surface area contributed by atoms with Gasteiger partial charge in [-0.2, -0.15) is 0 Å². The summed E-state index contributed by atoms with van der Waals surface area (Å²) in [7, 11) is 0. The molecule has 4 heterocycles. The Hall–Kier alpha value is -6.00. The molecule has 0 saturated heterocycles. The van der Waals surface area contributed by atoms with Crippen molar-refractivity contribution in [3.63, 3.8) is 0 Å². The summed E-state index contributed by atoms with van der Waals surface area (Å²) in [5.41, 5.74) is 11.3. The summed E-state index contributed by atoms with van der Waals surface area (Å²) in [5.74, 6) is 0.931.